The second kappa shape index (κ2) is 11.0. The highest BCUT2D eigenvalue weighted by Crippen LogP contribution is 2.62. The van der Waals surface area contributed by atoms with Gasteiger partial charge in [-0.15, -0.1) is 0 Å². The Morgan fingerprint density at radius 2 is 1.89 bits per heavy atom. The fourth-order valence-electron chi connectivity index (χ4n) is 8.04. The molecule has 4 aliphatic rings. The lowest BCUT2D eigenvalue weighted by molar-refractivity contribution is -0.124. The van der Waals surface area contributed by atoms with E-state index in [-0.39, 0.29) is 54.5 Å². The maximum atomic E-state index is 13.7. The van der Waals surface area contributed by atoms with Crippen LogP contribution >= 0.6 is 0 Å². The predicted molar refractivity (Wildman–Crippen MR) is 172 cm³/mol. The molecule has 4 fully saturated rings. The van der Waals surface area contributed by atoms with Crippen LogP contribution in [0.25, 0.3) is 28.1 Å². The first-order valence-electron chi connectivity index (χ1n) is 16.8. The molecule has 1 unspecified atom stereocenters. The standard InChI is InChI=1S/C35H41F2N7O3/c1-18(39-33(45)30-24-14-35(36,37)15-25(24)30)26-9-8-21-11-27(43(32(21)40-26)16-20-6-7-20)31-19(2)44-28(41-31)12-22(13-29(44)47-3)34(46)42-10-4-5-23(38)17-42/h8-9,11-13,18,20,23-25,30H,4-7,10,14-17,38H2,1-3H3,(H,39,45)/t18-,23-,24-,25+,30?/m1/s1. The number of nitrogens with zero attached hydrogens (tertiary/aromatic N) is 5. The van der Waals surface area contributed by atoms with Crippen molar-refractivity contribution >= 4 is 28.5 Å². The lowest BCUT2D eigenvalue weighted by atomic mass is 10.1. The zero-order valence-corrected chi connectivity index (χ0v) is 27.0. The summed E-state index contributed by atoms with van der Waals surface area (Å²) in [4.78, 5) is 38.4. The summed E-state index contributed by atoms with van der Waals surface area (Å²) >= 11 is 0. The molecule has 4 aromatic heterocycles. The monoisotopic (exact) mass is 645 g/mol. The van der Waals surface area contributed by atoms with Gasteiger partial charge in [-0.1, -0.05) is 0 Å². The summed E-state index contributed by atoms with van der Waals surface area (Å²) in [5.74, 6) is -2.55. The number of methoxy groups -OCH3 is 1. The third-order valence-electron chi connectivity index (χ3n) is 10.8. The Balaban J connectivity index is 1.12. The smallest absolute Gasteiger partial charge is 0.254 e. The van der Waals surface area contributed by atoms with Crippen molar-refractivity contribution in [1.82, 2.24) is 29.2 Å². The SMILES string of the molecule is COc1cc(C(=O)N2CCC[C@@H](N)C2)cc2nc(-c3cc4ccc([C@@H](C)NC(=O)C5[C@H]6CC(F)(F)C[C@@H]56)nc4n3CC3CC3)c(C)n12. The van der Waals surface area contributed by atoms with Gasteiger partial charge in [-0.05, 0) is 81.5 Å². The molecular weight excluding hydrogens is 604 g/mol. The van der Waals surface area contributed by atoms with Crippen LogP contribution in [-0.4, -0.2) is 67.8 Å². The number of alkyl halides is 2. The van der Waals surface area contributed by atoms with Crippen molar-refractivity contribution in [1.29, 1.82) is 0 Å². The maximum absolute atomic E-state index is 13.7. The molecule has 0 radical (unpaired) electrons. The van der Waals surface area contributed by atoms with Gasteiger partial charge >= 0.3 is 0 Å². The third-order valence-corrected chi connectivity index (χ3v) is 10.8. The number of rotatable bonds is 8. The number of halogens is 2. The number of likely N-dealkylation sites (tertiary alicyclic amines) is 1. The molecular formula is C35H41F2N7O3. The molecule has 0 aromatic carbocycles. The van der Waals surface area contributed by atoms with Crippen LogP contribution in [0.15, 0.2) is 30.3 Å². The van der Waals surface area contributed by atoms with E-state index in [0.717, 1.165) is 66.0 Å². The van der Waals surface area contributed by atoms with E-state index in [1.54, 1.807) is 13.2 Å². The zero-order valence-electron chi connectivity index (χ0n) is 27.0. The van der Waals surface area contributed by atoms with Gasteiger partial charge in [-0.25, -0.2) is 18.7 Å². The van der Waals surface area contributed by atoms with Gasteiger partial charge in [-0.2, -0.15) is 0 Å². The highest BCUT2D eigenvalue weighted by molar-refractivity contribution is 5.96. The van der Waals surface area contributed by atoms with E-state index >= 15 is 0 Å². The number of ether oxygens (including phenoxy) is 1. The summed E-state index contributed by atoms with van der Waals surface area (Å²) in [6, 6.07) is 9.26. The van der Waals surface area contributed by atoms with Crippen molar-refractivity contribution < 1.29 is 23.1 Å². The molecule has 1 aliphatic heterocycles. The lowest BCUT2D eigenvalue weighted by Crippen LogP contribution is -2.45. The van der Waals surface area contributed by atoms with Crippen LogP contribution in [0.5, 0.6) is 5.88 Å². The number of imidazole rings is 1. The second-order valence-corrected chi connectivity index (χ2v) is 14.3. The van der Waals surface area contributed by atoms with Crippen LogP contribution in [0.2, 0.25) is 0 Å². The number of carbonyl (C=O) groups excluding carboxylic acids is 2. The Morgan fingerprint density at radius 1 is 1.13 bits per heavy atom. The van der Waals surface area contributed by atoms with Crippen LogP contribution in [0, 0.1) is 30.6 Å². The lowest BCUT2D eigenvalue weighted by Gasteiger charge is -2.30. The Morgan fingerprint density at radius 3 is 2.60 bits per heavy atom. The van der Waals surface area contributed by atoms with Crippen LogP contribution in [0.3, 0.4) is 0 Å². The summed E-state index contributed by atoms with van der Waals surface area (Å²) in [6.45, 7) is 5.89. The summed E-state index contributed by atoms with van der Waals surface area (Å²) in [5.41, 5.74) is 11.4. The summed E-state index contributed by atoms with van der Waals surface area (Å²) in [6.07, 6.45) is 3.72. The van der Waals surface area contributed by atoms with E-state index in [1.807, 2.05) is 41.3 Å². The molecule has 248 valence electrons. The van der Waals surface area contributed by atoms with E-state index in [2.05, 4.69) is 16.0 Å². The molecule has 2 amide bonds. The van der Waals surface area contributed by atoms with Gasteiger partial charge in [0.2, 0.25) is 11.8 Å². The number of pyridine rings is 2. The summed E-state index contributed by atoms with van der Waals surface area (Å²) in [5, 5.41) is 4.01. The topological polar surface area (TPSA) is 120 Å². The van der Waals surface area contributed by atoms with E-state index in [1.165, 1.54) is 0 Å². The number of hydrogen-bond donors (Lipinski definition) is 2. The van der Waals surface area contributed by atoms with Crippen LogP contribution in [-0.2, 0) is 11.3 Å². The number of aryl methyl sites for hydroxylation is 1. The number of aromatic nitrogens is 4. The van der Waals surface area contributed by atoms with Crippen molar-refractivity contribution in [2.24, 2.45) is 29.4 Å². The number of piperidine rings is 1. The quantitative estimate of drug-likeness (QED) is 0.275. The minimum Gasteiger partial charge on any atom is -0.482 e. The molecule has 10 nitrogen and oxygen atoms in total. The van der Waals surface area contributed by atoms with E-state index in [9.17, 15) is 18.4 Å². The van der Waals surface area contributed by atoms with Gasteiger partial charge in [0.05, 0.1) is 30.2 Å². The minimum absolute atomic E-state index is 0.0193. The van der Waals surface area contributed by atoms with Gasteiger partial charge in [0.25, 0.3) is 5.91 Å². The Kier molecular flexibility index (Phi) is 7.09. The number of amides is 2. The van der Waals surface area contributed by atoms with Crippen LogP contribution < -0.4 is 15.8 Å². The minimum atomic E-state index is -2.64. The fraction of sp³-hybridized carbons (Fsp3) is 0.543. The van der Waals surface area contributed by atoms with E-state index < -0.39 is 5.92 Å². The average Bonchev–Trinajstić information content (AvgIpc) is 3.88. The van der Waals surface area contributed by atoms with Gasteiger partial charge < -0.3 is 25.3 Å². The van der Waals surface area contributed by atoms with Crippen LogP contribution in [0.1, 0.15) is 73.2 Å². The molecule has 0 spiro atoms. The first kappa shape index (κ1) is 30.3. The van der Waals surface area contributed by atoms with Crippen molar-refractivity contribution in [2.75, 3.05) is 20.2 Å². The number of nitrogens with two attached hydrogens (primary N) is 1. The summed E-state index contributed by atoms with van der Waals surface area (Å²) in [7, 11) is 1.60. The Hall–Kier alpha value is -4.06. The number of hydrogen-bond acceptors (Lipinski definition) is 6. The van der Waals surface area contributed by atoms with Gasteiger partial charge in [0.15, 0.2) is 5.88 Å². The first-order valence-corrected chi connectivity index (χ1v) is 16.8. The largest absolute Gasteiger partial charge is 0.482 e. The van der Waals surface area contributed by atoms with Gasteiger partial charge in [-0.3, -0.25) is 14.0 Å². The predicted octanol–water partition coefficient (Wildman–Crippen LogP) is 5.11. The molecule has 3 N–H and O–H groups in total. The highest BCUT2D eigenvalue weighted by Gasteiger charge is 2.65. The van der Waals surface area contributed by atoms with E-state index in [4.69, 9.17) is 20.4 Å². The molecule has 3 saturated carbocycles. The van der Waals surface area contributed by atoms with Crippen molar-refractivity contribution in [3.8, 4) is 17.3 Å². The molecule has 0 bridgehead atoms. The van der Waals surface area contributed by atoms with Gasteiger partial charge in [0.1, 0.15) is 17.0 Å². The molecule has 12 heteroatoms. The second-order valence-electron chi connectivity index (χ2n) is 14.3. The molecule has 47 heavy (non-hydrogen) atoms. The number of fused-ring (bicyclic) bond motifs is 3. The zero-order chi connectivity index (χ0) is 32.8. The highest BCUT2D eigenvalue weighted by atomic mass is 19.3. The molecule has 8 rings (SSSR count). The fourth-order valence-corrected chi connectivity index (χ4v) is 8.04. The van der Waals surface area contributed by atoms with Gasteiger partial charge in [0, 0.05) is 61.5 Å². The van der Waals surface area contributed by atoms with Crippen LogP contribution in [0.4, 0.5) is 8.78 Å². The van der Waals surface area contributed by atoms with E-state index in [0.29, 0.717) is 36.1 Å². The molecule has 5 heterocycles. The molecule has 1 saturated heterocycles. The Bertz CT molecular complexity index is 1900. The average molecular weight is 646 g/mol. The molecule has 3 aliphatic carbocycles. The van der Waals surface area contributed by atoms with Crippen molar-refractivity contribution in [2.45, 2.75) is 76.9 Å². The third kappa shape index (κ3) is 5.34. The normalized spacial score (nSPS) is 25.6. The Labute approximate surface area is 271 Å². The maximum Gasteiger partial charge on any atom is 0.254 e. The van der Waals surface area contributed by atoms with Crippen molar-refractivity contribution in [3.63, 3.8) is 0 Å². The number of carbonyl (C=O) groups is 2. The molecule has 5 atom stereocenters. The molecule has 4 aromatic rings. The summed E-state index contributed by atoms with van der Waals surface area (Å²) < 4.78 is 37.3. The first-order chi connectivity index (χ1) is 22.5. The van der Waals surface area contributed by atoms with Crippen molar-refractivity contribution in [3.05, 3.63) is 47.3 Å². The number of nitrogens with one attached hydrogen (secondary N) is 1.